The molecule has 0 aromatic heterocycles. The molecule has 0 aromatic rings. The van der Waals surface area contributed by atoms with Crippen molar-refractivity contribution in [1.29, 1.82) is 0 Å². The first-order valence-corrected chi connectivity index (χ1v) is 7.07. The number of halogens is 1. The van der Waals surface area contributed by atoms with Crippen LogP contribution in [0.4, 0.5) is 0 Å². The first-order valence-electron chi connectivity index (χ1n) is 6.54. The van der Waals surface area contributed by atoms with Crippen molar-refractivity contribution in [2.45, 2.75) is 46.1 Å². The number of alkyl halides is 1. The average molecular weight is 262 g/mol. The van der Waals surface area contributed by atoms with Crippen molar-refractivity contribution in [3.8, 4) is 0 Å². The molecule has 0 aliphatic carbocycles. The molecule has 1 aliphatic heterocycles. The van der Waals surface area contributed by atoms with Gasteiger partial charge in [-0.1, -0.05) is 13.8 Å². The van der Waals surface area contributed by atoms with Gasteiger partial charge in [-0.15, -0.1) is 11.6 Å². The van der Waals surface area contributed by atoms with Gasteiger partial charge in [0, 0.05) is 24.4 Å². The van der Waals surface area contributed by atoms with Crippen molar-refractivity contribution in [2.75, 3.05) is 19.0 Å². The molecule has 2 unspecified atom stereocenters. The molecule has 3 nitrogen and oxygen atoms in total. The van der Waals surface area contributed by atoms with Gasteiger partial charge in [-0.3, -0.25) is 4.79 Å². The monoisotopic (exact) mass is 261 g/mol. The van der Waals surface area contributed by atoms with Gasteiger partial charge in [0.15, 0.2) is 0 Å². The fraction of sp³-hybridized carbons (Fsp3) is 0.923. The maximum atomic E-state index is 12.0. The summed E-state index contributed by atoms with van der Waals surface area (Å²) in [7, 11) is 0. The summed E-state index contributed by atoms with van der Waals surface area (Å²) in [4.78, 5) is 12.0. The summed E-state index contributed by atoms with van der Waals surface area (Å²) in [5, 5.41) is 3.05. The largest absolute Gasteiger partial charge is 0.378 e. The lowest BCUT2D eigenvalue weighted by atomic mass is 9.84. The predicted octanol–water partition coefficient (Wildman–Crippen LogP) is 2.57. The van der Waals surface area contributed by atoms with Gasteiger partial charge in [0.25, 0.3) is 0 Å². The van der Waals surface area contributed by atoms with Crippen LogP contribution < -0.4 is 5.32 Å². The van der Waals surface area contributed by atoms with Gasteiger partial charge >= 0.3 is 0 Å². The number of ether oxygens (including phenoxy) is 1. The summed E-state index contributed by atoms with van der Waals surface area (Å²) in [6.45, 7) is 7.58. The van der Waals surface area contributed by atoms with Crippen LogP contribution in [-0.4, -0.2) is 31.0 Å². The normalized spacial score (nSPS) is 24.9. The quantitative estimate of drug-likeness (QED) is 0.747. The molecule has 1 amide bonds. The van der Waals surface area contributed by atoms with Gasteiger partial charge in [0.2, 0.25) is 5.91 Å². The average Bonchev–Trinajstić information content (AvgIpc) is 2.78. The van der Waals surface area contributed by atoms with Crippen LogP contribution in [0.1, 0.15) is 40.0 Å². The number of hydrogen-bond acceptors (Lipinski definition) is 2. The molecular weight excluding hydrogens is 238 g/mol. The second-order valence-corrected chi connectivity index (χ2v) is 5.30. The molecule has 17 heavy (non-hydrogen) atoms. The van der Waals surface area contributed by atoms with E-state index in [0.717, 1.165) is 19.3 Å². The molecule has 1 fully saturated rings. The van der Waals surface area contributed by atoms with Crippen LogP contribution in [0.25, 0.3) is 0 Å². The van der Waals surface area contributed by atoms with Crippen LogP contribution in [0.5, 0.6) is 0 Å². The maximum Gasteiger partial charge on any atom is 0.225 e. The second kappa shape index (κ2) is 6.60. The first-order chi connectivity index (χ1) is 8.08. The third-order valence-electron chi connectivity index (χ3n) is 4.13. The number of hydrogen-bond donors (Lipinski definition) is 1. The van der Waals surface area contributed by atoms with Crippen LogP contribution in [0, 0.1) is 11.3 Å². The number of carbonyl (C=O) groups is 1. The molecule has 0 spiro atoms. The van der Waals surface area contributed by atoms with Crippen molar-refractivity contribution < 1.29 is 9.53 Å². The smallest absolute Gasteiger partial charge is 0.225 e. The van der Waals surface area contributed by atoms with E-state index >= 15 is 0 Å². The third-order valence-corrected chi connectivity index (χ3v) is 4.70. The number of amides is 1. The van der Waals surface area contributed by atoms with Crippen molar-refractivity contribution in [2.24, 2.45) is 11.3 Å². The standard InChI is InChI=1S/C13H24ClNO2/c1-4-13(5-2,8-14)9-15-12(16)11-6-7-17-10(11)3/h10-11H,4-9H2,1-3H3,(H,15,16). The van der Waals surface area contributed by atoms with Crippen LogP contribution in [0.3, 0.4) is 0 Å². The highest BCUT2D eigenvalue weighted by atomic mass is 35.5. The number of rotatable bonds is 6. The summed E-state index contributed by atoms with van der Waals surface area (Å²) >= 11 is 6.02. The van der Waals surface area contributed by atoms with Gasteiger partial charge in [0.05, 0.1) is 12.0 Å². The highest BCUT2D eigenvalue weighted by molar-refractivity contribution is 6.18. The van der Waals surface area contributed by atoms with Crippen molar-refractivity contribution in [3.05, 3.63) is 0 Å². The minimum Gasteiger partial charge on any atom is -0.378 e. The fourth-order valence-electron chi connectivity index (χ4n) is 2.22. The summed E-state index contributed by atoms with van der Waals surface area (Å²) in [5.41, 5.74) is 0.0416. The molecule has 1 heterocycles. The molecule has 2 atom stereocenters. The fourth-order valence-corrected chi connectivity index (χ4v) is 2.69. The predicted molar refractivity (Wildman–Crippen MR) is 70.3 cm³/mol. The van der Waals surface area contributed by atoms with E-state index in [9.17, 15) is 4.79 Å². The lowest BCUT2D eigenvalue weighted by Crippen LogP contribution is -2.42. The third kappa shape index (κ3) is 3.59. The Morgan fingerprint density at radius 1 is 1.47 bits per heavy atom. The van der Waals surface area contributed by atoms with Crippen molar-refractivity contribution in [3.63, 3.8) is 0 Å². The van der Waals surface area contributed by atoms with Crippen LogP contribution in [0.2, 0.25) is 0 Å². The van der Waals surface area contributed by atoms with Crippen LogP contribution in [0.15, 0.2) is 0 Å². The van der Waals surface area contributed by atoms with E-state index in [1.807, 2.05) is 6.92 Å². The molecule has 0 bridgehead atoms. The molecular formula is C13H24ClNO2. The molecule has 100 valence electrons. The van der Waals surface area contributed by atoms with Gasteiger partial charge in [-0.25, -0.2) is 0 Å². The van der Waals surface area contributed by atoms with Gasteiger partial charge < -0.3 is 10.1 Å². The zero-order valence-corrected chi connectivity index (χ0v) is 11.8. The van der Waals surface area contributed by atoms with E-state index in [2.05, 4.69) is 19.2 Å². The van der Waals surface area contributed by atoms with Crippen molar-refractivity contribution >= 4 is 17.5 Å². The molecule has 1 aliphatic rings. The van der Waals surface area contributed by atoms with E-state index in [1.165, 1.54) is 0 Å². The topological polar surface area (TPSA) is 38.3 Å². The molecule has 1 saturated heterocycles. The summed E-state index contributed by atoms with van der Waals surface area (Å²) in [6, 6.07) is 0. The molecule has 0 aromatic carbocycles. The van der Waals surface area contributed by atoms with Gasteiger partial charge in [0.1, 0.15) is 0 Å². The Morgan fingerprint density at radius 2 is 2.12 bits per heavy atom. The summed E-state index contributed by atoms with van der Waals surface area (Å²) < 4.78 is 5.41. The number of nitrogens with one attached hydrogen (secondary N) is 1. The molecule has 0 saturated carbocycles. The van der Waals surface area contributed by atoms with E-state index < -0.39 is 0 Å². The Labute approximate surface area is 109 Å². The van der Waals surface area contributed by atoms with Crippen LogP contribution in [-0.2, 0) is 9.53 Å². The Hall–Kier alpha value is -0.280. The highest BCUT2D eigenvalue weighted by Gasteiger charge is 2.32. The Bertz CT molecular complexity index is 246. The molecule has 1 rings (SSSR count). The van der Waals surface area contributed by atoms with E-state index in [-0.39, 0.29) is 23.3 Å². The van der Waals surface area contributed by atoms with Crippen molar-refractivity contribution in [1.82, 2.24) is 5.32 Å². The molecule has 4 heteroatoms. The molecule has 1 N–H and O–H groups in total. The first kappa shape index (κ1) is 14.8. The van der Waals surface area contributed by atoms with E-state index in [1.54, 1.807) is 0 Å². The minimum absolute atomic E-state index is 0.0109. The Balaban J connectivity index is 2.46. The zero-order valence-electron chi connectivity index (χ0n) is 11.1. The lowest BCUT2D eigenvalue weighted by Gasteiger charge is -2.30. The maximum absolute atomic E-state index is 12.0. The number of carbonyl (C=O) groups excluding carboxylic acids is 1. The zero-order chi connectivity index (χ0) is 12.9. The Morgan fingerprint density at radius 3 is 2.53 bits per heavy atom. The van der Waals surface area contributed by atoms with E-state index in [0.29, 0.717) is 19.0 Å². The molecule has 0 radical (unpaired) electrons. The van der Waals surface area contributed by atoms with E-state index in [4.69, 9.17) is 16.3 Å². The summed E-state index contributed by atoms with van der Waals surface area (Å²) in [5.74, 6) is 0.722. The lowest BCUT2D eigenvalue weighted by molar-refractivity contribution is -0.126. The van der Waals surface area contributed by atoms with Crippen LogP contribution >= 0.6 is 11.6 Å². The Kier molecular flexibility index (Phi) is 5.74. The highest BCUT2D eigenvalue weighted by Crippen LogP contribution is 2.27. The SMILES string of the molecule is CCC(CC)(CCl)CNC(=O)C1CCOC1C. The van der Waals surface area contributed by atoms with Gasteiger partial charge in [-0.05, 0) is 26.2 Å². The second-order valence-electron chi connectivity index (χ2n) is 5.03. The summed E-state index contributed by atoms with van der Waals surface area (Å²) in [6.07, 6.45) is 2.86. The van der Waals surface area contributed by atoms with Gasteiger partial charge in [-0.2, -0.15) is 0 Å². The minimum atomic E-state index is 0.0109.